The lowest BCUT2D eigenvalue weighted by atomic mass is 9.96. The number of hydrogen-bond acceptors (Lipinski definition) is 5. The molecule has 1 N–H and O–H groups in total. The molecule has 3 aromatic rings. The molecule has 0 aliphatic carbocycles. The number of nitrogens with one attached hydrogen (secondary N) is 1. The second kappa shape index (κ2) is 9.70. The maximum Gasteiger partial charge on any atom is 0.266 e. The molecule has 1 aromatic heterocycles. The van der Waals surface area contributed by atoms with E-state index in [0.717, 1.165) is 22.6 Å². The van der Waals surface area contributed by atoms with Crippen LogP contribution in [0.15, 0.2) is 42.6 Å². The van der Waals surface area contributed by atoms with E-state index < -0.39 is 23.8 Å². The van der Waals surface area contributed by atoms with Crippen molar-refractivity contribution in [2.24, 2.45) is 0 Å². The SMILES string of the molecule is COc1cc2nncc(N[C@H](C)c3cccc(C(F)F)c3F)c2cc1C1=CCN(C(C)=O)CC1. The molecule has 9 heteroatoms. The zero-order chi connectivity index (χ0) is 24.4. The highest BCUT2D eigenvalue weighted by molar-refractivity contribution is 5.95. The van der Waals surface area contributed by atoms with Gasteiger partial charge in [0.25, 0.3) is 6.43 Å². The number of hydrogen-bond donors (Lipinski definition) is 1. The Bertz CT molecular complexity index is 1260. The molecule has 1 atom stereocenters. The number of ether oxygens (including phenoxy) is 1. The van der Waals surface area contributed by atoms with Gasteiger partial charge in [0.15, 0.2) is 0 Å². The van der Waals surface area contributed by atoms with E-state index in [2.05, 4.69) is 15.5 Å². The Kier molecular flexibility index (Phi) is 6.72. The Morgan fingerprint density at radius 1 is 1.24 bits per heavy atom. The van der Waals surface area contributed by atoms with Gasteiger partial charge in [0.05, 0.1) is 36.1 Å². The standard InChI is InChI=1S/C25H25F3N4O2/c1-14(17-5-4-6-18(24(17)26)25(27)28)30-22-13-29-31-21-12-23(34-3)19(11-20(21)22)16-7-9-32(10-8-16)15(2)33/h4-7,11-14,25H,8-10H2,1-3H3,(H,30,31)/t14-/m1/s1. The lowest BCUT2D eigenvalue weighted by molar-refractivity contribution is -0.128. The Labute approximate surface area is 195 Å². The quantitative estimate of drug-likeness (QED) is 0.514. The van der Waals surface area contributed by atoms with Gasteiger partial charge in [-0.2, -0.15) is 10.2 Å². The number of anilines is 1. The summed E-state index contributed by atoms with van der Waals surface area (Å²) in [4.78, 5) is 13.4. The van der Waals surface area contributed by atoms with Crippen molar-refractivity contribution in [2.75, 3.05) is 25.5 Å². The van der Waals surface area contributed by atoms with E-state index in [9.17, 15) is 18.0 Å². The number of methoxy groups -OCH3 is 1. The Balaban J connectivity index is 1.72. The zero-order valence-corrected chi connectivity index (χ0v) is 19.1. The third-order valence-corrected chi connectivity index (χ3v) is 6.09. The second-order valence-electron chi connectivity index (χ2n) is 8.19. The molecule has 2 heterocycles. The van der Waals surface area contributed by atoms with Crippen molar-refractivity contribution in [2.45, 2.75) is 32.7 Å². The molecule has 0 radical (unpaired) electrons. The minimum absolute atomic E-state index is 0.0275. The van der Waals surface area contributed by atoms with Crippen molar-refractivity contribution in [1.82, 2.24) is 15.1 Å². The van der Waals surface area contributed by atoms with E-state index in [1.165, 1.54) is 18.3 Å². The van der Waals surface area contributed by atoms with Gasteiger partial charge in [0, 0.05) is 42.6 Å². The smallest absolute Gasteiger partial charge is 0.266 e. The number of aromatic nitrogens is 2. The summed E-state index contributed by atoms with van der Waals surface area (Å²) in [5.41, 5.74) is 2.58. The summed E-state index contributed by atoms with van der Waals surface area (Å²) in [6.07, 6.45) is 1.30. The largest absolute Gasteiger partial charge is 0.496 e. The van der Waals surface area contributed by atoms with Gasteiger partial charge in [-0.3, -0.25) is 4.79 Å². The number of fused-ring (bicyclic) bond motifs is 1. The van der Waals surface area contributed by atoms with E-state index in [-0.39, 0.29) is 11.5 Å². The molecule has 0 unspecified atom stereocenters. The van der Waals surface area contributed by atoms with Gasteiger partial charge in [-0.25, -0.2) is 13.2 Å². The van der Waals surface area contributed by atoms with Gasteiger partial charge in [-0.05, 0) is 25.0 Å². The molecule has 0 saturated heterocycles. The lowest BCUT2D eigenvalue weighted by Crippen LogP contribution is -2.32. The summed E-state index contributed by atoms with van der Waals surface area (Å²) in [6.45, 7) is 4.37. The van der Waals surface area contributed by atoms with Crippen LogP contribution >= 0.6 is 0 Å². The molecular formula is C25H25F3N4O2. The van der Waals surface area contributed by atoms with Crippen LogP contribution in [0.25, 0.3) is 16.5 Å². The Morgan fingerprint density at radius 3 is 2.65 bits per heavy atom. The highest BCUT2D eigenvalue weighted by Crippen LogP contribution is 2.37. The summed E-state index contributed by atoms with van der Waals surface area (Å²) in [5.74, 6) is -0.265. The first-order chi connectivity index (χ1) is 16.3. The second-order valence-corrected chi connectivity index (χ2v) is 8.19. The molecule has 0 bridgehead atoms. The fourth-order valence-corrected chi connectivity index (χ4v) is 4.20. The number of amides is 1. The normalized spacial score (nSPS) is 14.8. The van der Waals surface area contributed by atoms with Crippen molar-refractivity contribution < 1.29 is 22.7 Å². The molecular weight excluding hydrogens is 445 g/mol. The van der Waals surface area contributed by atoms with Crippen molar-refractivity contribution in [3.63, 3.8) is 0 Å². The maximum atomic E-state index is 14.7. The molecule has 0 spiro atoms. The van der Waals surface area contributed by atoms with Gasteiger partial charge in [-0.15, -0.1) is 0 Å². The van der Waals surface area contributed by atoms with Crippen LogP contribution < -0.4 is 10.1 Å². The van der Waals surface area contributed by atoms with E-state index in [0.29, 0.717) is 36.5 Å². The molecule has 1 aliphatic heterocycles. The summed E-state index contributed by atoms with van der Waals surface area (Å²) in [6, 6.07) is 7.10. The van der Waals surface area contributed by atoms with Crippen molar-refractivity contribution in [1.29, 1.82) is 0 Å². The van der Waals surface area contributed by atoms with Crippen LogP contribution in [0.5, 0.6) is 5.75 Å². The highest BCUT2D eigenvalue weighted by Gasteiger charge is 2.22. The number of halogens is 3. The lowest BCUT2D eigenvalue weighted by Gasteiger charge is -2.26. The predicted octanol–water partition coefficient (Wildman–Crippen LogP) is 5.52. The van der Waals surface area contributed by atoms with Gasteiger partial charge in [0.1, 0.15) is 11.6 Å². The van der Waals surface area contributed by atoms with Crippen LogP contribution in [-0.2, 0) is 4.79 Å². The van der Waals surface area contributed by atoms with Crippen LogP contribution in [0.2, 0.25) is 0 Å². The average Bonchev–Trinajstić information content (AvgIpc) is 2.83. The first kappa shape index (κ1) is 23.5. The number of carbonyl (C=O) groups excluding carboxylic acids is 1. The molecule has 0 saturated carbocycles. The predicted molar refractivity (Wildman–Crippen MR) is 124 cm³/mol. The van der Waals surface area contributed by atoms with Crippen molar-refractivity contribution in [3.8, 4) is 5.75 Å². The van der Waals surface area contributed by atoms with Crippen LogP contribution in [-0.4, -0.2) is 41.2 Å². The van der Waals surface area contributed by atoms with Crippen LogP contribution in [0, 0.1) is 5.82 Å². The topological polar surface area (TPSA) is 67.4 Å². The van der Waals surface area contributed by atoms with Crippen LogP contribution in [0.1, 0.15) is 49.4 Å². The molecule has 4 rings (SSSR count). The van der Waals surface area contributed by atoms with Crippen molar-refractivity contribution in [3.05, 3.63) is 65.1 Å². The summed E-state index contributed by atoms with van der Waals surface area (Å²) < 4.78 is 46.6. The number of carbonyl (C=O) groups is 1. The summed E-state index contributed by atoms with van der Waals surface area (Å²) in [7, 11) is 1.58. The minimum atomic E-state index is -2.90. The fourth-order valence-electron chi connectivity index (χ4n) is 4.20. The number of benzene rings is 2. The van der Waals surface area contributed by atoms with Gasteiger partial charge in [-0.1, -0.05) is 24.3 Å². The monoisotopic (exact) mass is 470 g/mol. The molecule has 6 nitrogen and oxygen atoms in total. The fraction of sp³-hybridized carbons (Fsp3) is 0.320. The van der Waals surface area contributed by atoms with E-state index in [1.54, 1.807) is 31.9 Å². The molecule has 2 aromatic carbocycles. The summed E-state index contributed by atoms with van der Waals surface area (Å²) >= 11 is 0. The number of rotatable bonds is 6. The number of alkyl halides is 2. The first-order valence-electron chi connectivity index (χ1n) is 10.9. The Hall–Kier alpha value is -3.62. The third-order valence-electron chi connectivity index (χ3n) is 6.09. The van der Waals surface area contributed by atoms with E-state index in [4.69, 9.17) is 4.74 Å². The molecule has 1 aliphatic rings. The van der Waals surface area contributed by atoms with Gasteiger partial charge < -0.3 is 15.0 Å². The van der Waals surface area contributed by atoms with Gasteiger partial charge >= 0.3 is 0 Å². The van der Waals surface area contributed by atoms with E-state index >= 15 is 0 Å². The molecule has 0 fully saturated rings. The van der Waals surface area contributed by atoms with Crippen molar-refractivity contribution >= 4 is 28.1 Å². The minimum Gasteiger partial charge on any atom is -0.496 e. The average molecular weight is 470 g/mol. The van der Waals surface area contributed by atoms with Gasteiger partial charge in [0.2, 0.25) is 5.91 Å². The van der Waals surface area contributed by atoms with Crippen LogP contribution in [0.4, 0.5) is 18.9 Å². The third kappa shape index (κ3) is 4.55. The van der Waals surface area contributed by atoms with E-state index in [1.807, 2.05) is 12.1 Å². The maximum absolute atomic E-state index is 14.7. The Morgan fingerprint density at radius 2 is 2.00 bits per heavy atom. The highest BCUT2D eigenvalue weighted by atomic mass is 19.3. The zero-order valence-electron chi connectivity index (χ0n) is 19.1. The molecule has 1 amide bonds. The van der Waals surface area contributed by atoms with Crippen LogP contribution in [0.3, 0.4) is 0 Å². The summed E-state index contributed by atoms with van der Waals surface area (Å²) in [5, 5.41) is 12.2. The number of nitrogens with zero attached hydrogens (tertiary/aromatic N) is 3. The molecule has 178 valence electrons. The molecule has 34 heavy (non-hydrogen) atoms. The first-order valence-corrected chi connectivity index (χ1v) is 10.9.